The highest BCUT2D eigenvalue weighted by molar-refractivity contribution is 6.01. The molecule has 1 saturated carbocycles. The van der Waals surface area contributed by atoms with E-state index in [9.17, 15) is 27.6 Å². The number of hydrogen-bond donors (Lipinski definition) is 2. The molecule has 0 unspecified atom stereocenters. The first-order valence-corrected chi connectivity index (χ1v) is 12.3. The maximum atomic E-state index is 14.1. The molecule has 2 amide bonds. The number of hydrogen-bond acceptors (Lipinski definition) is 5. The number of benzene rings is 1. The Bertz CT molecular complexity index is 1330. The summed E-state index contributed by atoms with van der Waals surface area (Å²) < 4.78 is 38.6. The highest BCUT2D eigenvalue weighted by Crippen LogP contribution is 2.42. The minimum Gasteiger partial charge on any atom is -0.330 e. The highest BCUT2D eigenvalue weighted by Gasteiger charge is 2.48. The fraction of sp³-hybridized carbons (Fsp3) is 0.423. The van der Waals surface area contributed by atoms with Gasteiger partial charge < -0.3 is 10.2 Å². The molecule has 1 aromatic carbocycles. The van der Waals surface area contributed by atoms with E-state index in [0.717, 1.165) is 36.9 Å². The number of aromatic amines is 1. The number of aromatic nitrogens is 3. The van der Waals surface area contributed by atoms with E-state index in [-0.39, 0.29) is 11.8 Å². The van der Waals surface area contributed by atoms with E-state index < -0.39 is 29.0 Å². The molecular weight excluding hydrogens is 487 g/mol. The lowest BCUT2D eigenvalue weighted by molar-refractivity contribution is -0.143. The van der Waals surface area contributed by atoms with Crippen LogP contribution in [0.4, 0.5) is 19.0 Å². The number of amides is 2. The van der Waals surface area contributed by atoms with E-state index >= 15 is 0 Å². The third-order valence-electron chi connectivity index (χ3n) is 7.44. The van der Waals surface area contributed by atoms with Crippen molar-refractivity contribution in [1.82, 2.24) is 20.1 Å². The molecule has 194 valence electrons. The fourth-order valence-corrected chi connectivity index (χ4v) is 5.55. The number of rotatable bonds is 5. The van der Waals surface area contributed by atoms with Gasteiger partial charge in [-0.05, 0) is 43.4 Å². The average molecular weight is 514 g/mol. The molecule has 2 aliphatic rings. The van der Waals surface area contributed by atoms with Crippen molar-refractivity contribution in [3.8, 4) is 0 Å². The lowest BCUT2D eigenvalue weighted by Gasteiger charge is -2.40. The average Bonchev–Trinajstić information content (AvgIpc) is 3.57. The summed E-state index contributed by atoms with van der Waals surface area (Å²) in [5.41, 5.74) is 0.502. The topological polar surface area (TPSA) is 108 Å². The Morgan fingerprint density at radius 1 is 1.00 bits per heavy atom. The Hall–Kier alpha value is -3.76. The number of anilines is 1. The van der Waals surface area contributed by atoms with Crippen LogP contribution in [0.5, 0.6) is 0 Å². The maximum absolute atomic E-state index is 14.1. The first-order valence-electron chi connectivity index (χ1n) is 12.3. The van der Waals surface area contributed by atoms with Gasteiger partial charge in [-0.2, -0.15) is 18.3 Å². The number of alkyl halides is 3. The van der Waals surface area contributed by atoms with Crippen LogP contribution in [0, 0.1) is 0 Å². The Labute approximate surface area is 210 Å². The molecule has 0 radical (unpaired) electrons. The summed E-state index contributed by atoms with van der Waals surface area (Å²) in [5, 5.41) is 9.53. The quantitative estimate of drug-likeness (QED) is 0.488. The Morgan fingerprint density at radius 3 is 2.43 bits per heavy atom. The van der Waals surface area contributed by atoms with Crippen molar-refractivity contribution < 1.29 is 27.6 Å². The van der Waals surface area contributed by atoms with Crippen LogP contribution in [0.15, 0.2) is 42.6 Å². The van der Waals surface area contributed by atoms with Gasteiger partial charge in [0.15, 0.2) is 0 Å². The molecule has 3 heterocycles. The molecule has 2 fully saturated rings. The number of pyridine rings is 1. The number of H-pyrrole nitrogens is 1. The van der Waals surface area contributed by atoms with Gasteiger partial charge in [0.05, 0.1) is 17.1 Å². The van der Waals surface area contributed by atoms with Gasteiger partial charge >= 0.3 is 6.18 Å². The zero-order chi connectivity index (χ0) is 26.2. The van der Waals surface area contributed by atoms with Crippen LogP contribution in [0.25, 0.3) is 11.0 Å². The first-order chi connectivity index (χ1) is 17.7. The minimum atomic E-state index is -4.97. The predicted octanol–water partition coefficient (Wildman–Crippen LogP) is 4.53. The van der Waals surface area contributed by atoms with Crippen LogP contribution in [0.2, 0.25) is 0 Å². The van der Waals surface area contributed by atoms with E-state index in [1.807, 2.05) is 0 Å². The van der Waals surface area contributed by atoms with Gasteiger partial charge in [0, 0.05) is 12.1 Å². The third-order valence-corrected chi connectivity index (χ3v) is 7.44. The molecule has 1 atom stereocenters. The van der Waals surface area contributed by atoms with Crippen molar-refractivity contribution in [3.63, 3.8) is 0 Å². The van der Waals surface area contributed by atoms with E-state index in [2.05, 4.69) is 20.5 Å². The van der Waals surface area contributed by atoms with Gasteiger partial charge in [0.1, 0.15) is 17.4 Å². The number of fused-ring (bicyclic) bond motifs is 1. The zero-order valence-electron chi connectivity index (χ0n) is 20.0. The summed E-state index contributed by atoms with van der Waals surface area (Å²) in [4.78, 5) is 44.9. The first kappa shape index (κ1) is 24.9. The van der Waals surface area contributed by atoms with Crippen LogP contribution < -0.4 is 5.32 Å². The van der Waals surface area contributed by atoms with Crippen LogP contribution in [-0.4, -0.2) is 56.4 Å². The lowest BCUT2D eigenvalue weighted by Crippen LogP contribution is -2.52. The Morgan fingerprint density at radius 2 is 1.73 bits per heavy atom. The van der Waals surface area contributed by atoms with Crippen LogP contribution >= 0.6 is 0 Å². The molecule has 0 bridgehead atoms. The van der Waals surface area contributed by atoms with E-state index in [0.29, 0.717) is 49.1 Å². The molecule has 2 aromatic heterocycles. The fourth-order valence-electron chi connectivity index (χ4n) is 5.55. The number of carbonyl (C=O) groups is 3. The Kier molecular flexibility index (Phi) is 6.47. The van der Waals surface area contributed by atoms with Crippen molar-refractivity contribution in [2.24, 2.45) is 0 Å². The number of carbonyl (C=O) groups excluding carboxylic acids is 3. The summed E-state index contributed by atoms with van der Waals surface area (Å²) >= 11 is 0. The maximum Gasteiger partial charge on any atom is 0.454 e. The van der Waals surface area contributed by atoms with Gasteiger partial charge in [-0.1, -0.05) is 43.5 Å². The summed E-state index contributed by atoms with van der Waals surface area (Å²) in [6.07, 6.45) is 1.33. The molecule has 1 aliphatic heterocycles. The molecule has 5 rings (SSSR count). The summed E-state index contributed by atoms with van der Waals surface area (Å²) in [6.45, 7) is 0.414. The lowest BCUT2D eigenvalue weighted by atomic mass is 9.68. The van der Waals surface area contributed by atoms with Crippen molar-refractivity contribution in [3.05, 3.63) is 53.7 Å². The largest absolute Gasteiger partial charge is 0.454 e. The monoisotopic (exact) mass is 513 g/mol. The number of likely N-dealkylation sites (tertiary alicyclic amines) is 1. The molecule has 0 spiro atoms. The highest BCUT2D eigenvalue weighted by atomic mass is 19.4. The number of nitrogens with one attached hydrogen (secondary N) is 2. The van der Waals surface area contributed by atoms with Crippen molar-refractivity contribution in [2.45, 2.75) is 62.6 Å². The second-order valence-corrected chi connectivity index (χ2v) is 9.69. The van der Waals surface area contributed by atoms with Crippen molar-refractivity contribution in [2.75, 3.05) is 11.9 Å². The van der Waals surface area contributed by atoms with Crippen molar-refractivity contribution in [1.29, 1.82) is 0 Å². The SMILES string of the molecule is O=C(Nc1ccc2[nH]ncc2n1)[C@H]1CCCN1C(=O)C1(c2ccc(C(=O)C(F)(F)F)cc2)CCCCC1. The molecule has 8 nitrogen and oxygen atoms in total. The third kappa shape index (κ3) is 4.70. The molecule has 1 aliphatic carbocycles. The number of Topliss-reactive ketones (excluding diaryl/α,β-unsaturated/α-hetero) is 1. The second kappa shape index (κ2) is 9.60. The number of ketones is 1. The van der Waals surface area contributed by atoms with Gasteiger partial charge in [-0.15, -0.1) is 0 Å². The molecule has 2 N–H and O–H groups in total. The molecule has 37 heavy (non-hydrogen) atoms. The summed E-state index contributed by atoms with van der Waals surface area (Å²) in [7, 11) is 0. The van der Waals surface area contributed by atoms with Gasteiger partial charge in [-0.25, -0.2) is 4.98 Å². The van der Waals surface area contributed by atoms with E-state index in [1.165, 1.54) is 12.1 Å². The summed E-state index contributed by atoms with van der Waals surface area (Å²) in [6, 6.07) is 7.92. The van der Waals surface area contributed by atoms with Crippen LogP contribution in [-0.2, 0) is 15.0 Å². The molecule has 3 aromatic rings. The predicted molar refractivity (Wildman–Crippen MR) is 129 cm³/mol. The van der Waals surface area contributed by atoms with E-state index in [4.69, 9.17) is 0 Å². The van der Waals surface area contributed by atoms with Crippen LogP contribution in [0.1, 0.15) is 60.9 Å². The number of nitrogens with zero attached hydrogens (tertiary/aromatic N) is 3. The smallest absolute Gasteiger partial charge is 0.330 e. The normalized spacial score (nSPS) is 19.6. The number of halogens is 3. The van der Waals surface area contributed by atoms with Gasteiger partial charge in [0.2, 0.25) is 11.8 Å². The second-order valence-electron chi connectivity index (χ2n) is 9.69. The van der Waals surface area contributed by atoms with E-state index in [1.54, 1.807) is 23.2 Å². The standard InChI is InChI=1S/C26H26F3N5O3/c27-26(28,29)22(35)16-6-8-17(9-7-16)25(12-2-1-3-13-25)24(37)34-14-4-5-20(34)23(36)32-21-11-10-18-19(31-21)15-30-33-18/h6-11,15,20H,1-5,12-14H2,(H,30,33)(H,31,32,36)/t20-/m1/s1. The van der Waals surface area contributed by atoms with Gasteiger partial charge in [-0.3, -0.25) is 19.5 Å². The minimum absolute atomic E-state index is 0.196. The molecule has 11 heteroatoms. The van der Waals surface area contributed by atoms with Gasteiger partial charge in [0.25, 0.3) is 5.78 Å². The van der Waals surface area contributed by atoms with Crippen molar-refractivity contribution >= 4 is 34.4 Å². The molecule has 1 saturated heterocycles. The van der Waals surface area contributed by atoms with Crippen LogP contribution in [0.3, 0.4) is 0 Å². The Balaban J connectivity index is 1.39. The zero-order valence-corrected chi connectivity index (χ0v) is 20.0. The molecular formula is C26H26F3N5O3. The summed E-state index contributed by atoms with van der Waals surface area (Å²) in [5.74, 6) is -2.09.